The molecule has 2 nitrogen and oxygen atoms in total. The van der Waals surface area contributed by atoms with Crippen LogP contribution >= 0.6 is 23.5 Å². The number of carbonyl (C=O) groups is 1. The normalized spacial score (nSPS) is 10.4. The largest absolute Gasteiger partial charge is 0.325 e. The predicted octanol–water partition coefficient (Wildman–Crippen LogP) is 5.83. The van der Waals surface area contributed by atoms with E-state index in [2.05, 4.69) is 4.72 Å². The second kappa shape index (κ2) is 7.51. The molecule has 3 aromatic rings. The molecule has 3 aromatic carbocycles. The van der Waals surface area contributed by atoms with Gasteiger partial charge in [-0.15, -0.1) is 0 Å². The first-order valence-corrected chi connectivity index (χ1v) is 8.40. The van der Waals surface area contributed by atoms with E-state index >= 15 is 0 Å². The van der Waals surface area contributed by atoms with E-state index in [1.54, 1.807) is 42.5 Å². The van der Waals surface area contributed by atoms with E-state index in [0.717, 1.165) is 4.90 Å². The van der Waals surface area contributed by atoms with Crippen LogP contribution in [0.25, 0.3) is 0 Å². The van der Waals surface area contributed by atoms with E-state index in [9.17, 15) is 9.18 Å². The van der Waals surface area contributed by atoms with Gasteiger partial charge < -0.3 is 4.72 Å². The molecule has 3 rings (SSSR count). The first kappa shape index (κ1) is 16.6. The van der Waals surface area contributed by atoms with Gasteiger partial charge in [-0.05, 0) is 54.4 Å². The van der Waals surface area contributed by atoms with Gasteiger partial charge >= 0.3 is 0 Å². The fourth-order valence-electron chi connectivity index (χ4n) is 2.15. The smallest absolute Gasteiger partial charge is 0.195 e. The molecule has 0 aliphatic heterocycles. The van der Waals surface area contributed by atoms with Crippen molar-refractivity contribution in [2.24, 2.45) is 0 Å². The van der Waals surface area contributed by atoms with Gasteiger partial charge in [0, 0.05) is 21.0 Å². The molecule has 0 bridgehead atoms. The number of halogens is 2. The summed E-state index contributed by atoms with van der Waals surface area (Å²) in [4.78, 5) is 13.6. The molecular formula is C19H13ClFNOS. The van der Waals surface area contributed by atoms with Crippen molar-refractivity contribution in [3.63, 3.8) is 0 Å². The maximum Gasteiger partial charge on any atom is 0.195 e. The van der Waals surface area contributed by atoms with E-state index in [-0.39, 0.29) is 11.6 Å². The highest BCUT2D eigenvalue weighted by Gasteiger charge is 2.14. The van der Waals surface area contributed by atoms with Crippen LogP contribution in [0.4, 0.5) is 10.1 Å². The van der Waals surface area contributed by atoms with Gasteiger partial charge in [0.25, 0.3) is 0 Å². The summed E-state index contributed by atoms with van der Waals surface area (Å²) in [6.07, 6.45) is 0. The Hall–Kier alpha value is -2.30. The fraction of sp³-hybridized carbons (Fsp3) is 0. The van der Waals surface area contributed by atoms with Crippen LogP contribution in [-0.4, -0.2) is 5.78 Å². The van der Waals surface area contributed by atoms with Crippen molar-refractivity contribution in [1.29, 1.82) is 0 Å². The van der Waals surface area contributed by atoms with Crippen molar-refractivity contribution in [1.82, 2.24) is 0 Å². The zero-order valence-corrected chi connectivity index (χ0v) is 14.1. The zero-order chi connectivity index (χ0) is 16.9. The number of benzene rings is 3. The minimum atomic E-state index is -0.286. The van der Waals surface area contributed by atoms with Gasteiger partial charge in [-0.1, -0.05) is 41.9 Å². The molecule has 0 heterocycles. The molecule has 0 aromatic heterocycles. The third kappa shape index (κ3) is 3.96. The summed E-state index contributed by atoms with van der Waals surface area (Å²) >= 11 is 7.36. The molecule has 0 radical (unpaired) electrons. The third-order valence-electron chi connectivity index (χ3n) is 3.35. The van der Waals surface area contributed by atoms with Gasteiger partial charge in [-0.25, -0.2) is 4.39 Å². The molecule has 0 unspecified atom stereocenters. The molecule has 120 valence electrons. The molecule has 0 amide bonds. The average molecular weight is 358 g/mol. The van der Waals surface area contributed by atoms with Crippen molar-refractivity contribution in [3.05, 3.63) is 94.8 Å². The van der Waals surface area contributed by atoms with Crippen LogP contribution in [-0.2, 0) is 0 Å². The van der Waals surface area contributed by atoms with E-state index < -0.39 is 0 Å². The third-order valence-corrected chi connectivity index (χ3v) is 4.42. The SMILES string of the molecule is O=C(c1ccccc1)c1cc(Cl)ccc1NSc1ccc(F)cc1. The highest BCUT2D eigenvalue weighted by molar-refractivity contribution is 8.00. The van der Waals surface area contributed by atoms with Crippen molar-refractivity contribution >= 4 is 35.0 Å². The lowest BCUT2D eigenvalue weighted by molar-refractivity contribution is 0.103. The fourth-order valence-corrected chi connectivity index (χ4v) is 3.00. The predicted molar refractivity (Wildman–Crippen MR) is 97.2 cm³/mol. The Morgan fingerprint density at radius 1 is 0.958 bits per heavy atom. The Labute approximate surface area is 148 Å². The first-order valence-electron chi connectivity index (χ1n) is 7.21. The van der Waals surface area contributed by atoms with Crippen LogP contribution in [0.3, 0.4) is 0 Å². The lowest BCUT2D eigenvalue weighted by Crippen LogP contribution is -2.04. The topological polar surface area (TPSA) is 29.1 Å². The second-order valence-electron chi connectivity index (χ2n) is 5.04. The highest BCUT2D eigenvalue weighted by atomic mass is 35.5. The standard InChI is InChI=1S/C19H13ClFNOS/c20-14-6-11-18(22-24-16-9-7-15(21)8-10-16)17(12-14)19(23)13-4-2-1-3-5-13/h1-12,22H. The number of ketones is 1. The molecule has 0 aliphatic carbocycles. The number of rotatable bonds is 5. The van der Waals surface area contributed by atoms with E-state index in [1.807, 2.05) is 18.2 Å². The average Bonchev–Trinajstić information content (AvgIpc) is 2.62. The Balaban J connectivity index is 1.85. The lowest BCUT2D eigenvalue weighted by Gasteiger charge is -2.11. The first-order chi connectivity index (χ1) is 11.6. The summed E-state index contributed by atoms with van der Waals surface area (Å²) in [5.74, 6) is -0.397. The Morgan fingerprint density at radius 2 is 1.67 bits per heavy atom. The van der Waals surface area contributed by atoms with Crippen molar-refractivity contribution in [2.75, 3.05) is 4.72 Å². The van der Waals surface area contributed by atoms with Gasteiger partial charge in [-0.2, -0.15) is 0 Å². The summed E-state index contributed by atoms with van der Waals surface area (Å²) in [6, 6.07) is 20.3. The number of anilines is 1. The molecule has 0 aliphatic rings. The molecule has 24 heavy (non-hydrogen) atoms. The van der Waals surface area contributed by atoms with Crippen molar-refractivity contribution in [2.45, 2.75) is 4.90 Å². The van der Waals surface area contributed by atoms with Gasteiger partial charge in [0.2, 0.25) is 0 Å². The molecule has 0 saturated carbocycles. The van der Waals surface area contributed by atoms with Crippen LogP contribution in [0, 0.1) is 5.82 Å². The zero-order valence-electron chi connectivity index (χ0n) is 12.5. The highest BCUT2D eigenvalue weighted by Crippen LogP contribution is 2.28. The second-order valence-corrected chi connectivity index (χ2v) is 6.36. The quantitative estimate of drug-likeness (QED) is 0.460. The Bertz CT molecular complexity index is 853. The summed E-state index contributed by atoms with van der Waals surface area (Å²) in [7, 11) is 0. The Kier molecular flexibility index (Phi) is 5.18. The van der Waals surface area contributed by atoms with Gasteiger partial charge in [-0.3, -0.25) is 4.79 Å². The van der Waals surface area contributed by atoms with E-state index in [0.29, 0.717) is 21.8 Å². The van der Waals surface area contributed by atoms with Crippen molar-refractivity contribution in [3.8, 4) is 0 Å². The maximum atomic E-state index is 13.0. The van der Waals surface area contributed by atoms with Crippen molar-refractivity contribution < 1.29 is 9.18 Å². The minimum Gasteiger partial charge on any atom is -0.325 e. The molecule has 1 N–H and O–H groups in total. The summed E-state index contributed by atoms with van der Waals surface area (Å²) in [6.45, 7) is 0. The lowest BCUT2D eigenvalue weighted by atomic mass is 10.0. The van der Waals surface area contributed by atoms with Gasteiger partial charge in [0.05, 0.1) is 5.69 Å². The van der Waals surface area contributed by atoms with Gasteiger partial charge in [0.15, 0.2) is 5.78 Å². The van der Waals surface area contributed by atoms with Crippen LogP contribution in [0.15, 0.2) is 77.7 Å². The maximum absolute atomic E-state index is 13.0. The number of carbonyl (C=O) groups excluding carboxylic acids is 1. The molecule has 0 fully saturated rings. The van der Waals surface area contributed by atoms with Crippen LogP contribution < -0.4 is 4.72 Å². The summed E-state index contributed by atoms with van der Waals surface area (Å²) in [5.41, 5.74) is 1.74. The molecule has 0 saturated heterocycles. The summed E-state index contributed by atoms with van der Waals surface area (Å²) < 4.78 is 16.1. The van der Waals surface area contributed by atoms with E-state index in [1.165, 1.54) is 24.1 Å². The monoisotopic (exact) mass is 357 g/mol. The van der Waals surface area contributed by atoms with Crippen LogP contribution in [0.5, 0.6) is 0 Å². The van der Waals surface area contributed by atoms with E-state index in [4.69, 9.17) is 11.6 Å². The number of nitrogens with one attached hydrogen (secondary N) is 1. The molecule has 5 heteroatoms. The number of hydrogen-bond acceptors (Lipinski definition) is 3. The molecule has 0 atom stereocenters. The van der Waals surface area contributed by atoms with Crippen LogP contribution in [0.2, 0.25) is 5.02 Å². The minimum absolute atomic E-state index is 0.111. The molecule has 0 spiro atoms. The Morgan fingerprint density at radius 3 is 2.38 bits per heavy atom. The van der Waals surface area contributed by atoms with Gasteiger partial charge in [0.1, 0.15) is 5.82 Å². The number of hydrogen-bond donors (Lipinski definition) is 1. The summed E-state index contributed by atoms with van der Waals surface area (Å²) in [5, 5.41) is 0.492. The van der Waals surface area contributed by atoms with Crippen LogP contribution in [0.1, 0.15) is 15.9 Å². The molecular weight excluding hydrogens is 345 g/mol.